The lowest BCUT2D eigenvalue weighted by Crippen LogP contribution is -2.55. The van der Waals surface area contributed by atoms with Crippen molar-refractivity contribution in [3.8, 4) is 5.75 Å². The third-order valence-corrected chi connectivity index (χ3v) is 4.67. The fraction of sp³-hybridized carbons (Fsp3) is 0.562. The minimum atomic E-state index is -0.314. The van der Waals surface area contributed by atoms with Crippen LogP contribution in [0.2, 0.25) is 5.02 Å². The van der Waals surface area contributed by atoms with Crippen molar-refractivity contribution >= 4 is 17.5 Å². The highest BCUT2D eigenvalue weighted by Crippen LogP contribution is 2.30. The summed E-state index contributed by atoms with van der Waals surface area (Å²) < 4.78 is 5.68. The van der Waals surface area contributed by atoms with Crippen molar-refractivity contribution in [3.05, 3.63) is 28.8 Å². The molecule has 0 saturated carbocycles. The number of hydrogen-bond acceptors (Lipinski definition) is 3. The maximum atomic E-state index is 12.5. The van der Waals surface area contributed by atoms with E-state index in [-0.39, 0.29) is 17.4 Å². The highest BCUT2D eigenvalue weighted by atomic mass is 35.5. The third-order valence-electron chi connectivity index (χ3n) is 4.43. The van der Waals surface area contributed by atoms with Gasteiger partial charge in [-0.3, -0.25) is 4.79 Å². The zero-order chi connectivity index (χ0) is 15.5. The molecule has 1 heterocycles. The maximum Gasteiger partial charge on any atom is 0.227 e. The Balaban J connectivity index is 2.08. The summed E-state index contributed by atoms with van der Waals surface area (Å²) >= 11 is 6.01. The van der Waals surface area contributed by atoms with Gasteiger partial charge in [0.15, 0.2) is 0 Å². The van der Waals surface area contributed by atoms with Crippen LogP contribution >= 0.6 is 11.6 Å². The molecule has 3 N–H and O–H groups in total. The van der Waals surface area contributed by atoms with Gasteiger partial charge in [0.1, 0.15) is 12.4 Å². The second-order valence-corrected chi connectivity index (χ2v) is 6.08. The van der Waals surface area contributed by atoms with E-state index in [0.717, 1.165) is 24.2 Å². The molecule has 0 aliphatic carbocycles. The fourth-order valence-corrected chi connectivity index (χ4v) is 2.86. The molecule has 1 aliphatic heterocycles. The molecular formula is C16H23ClN2O2. The monoisotopic (exact) mass is 310 g/mol. The minimum absolute atomic E-state index is 0.00905. The van der Waals surface area contributed by atoms with E-state index < -0.39 is 0 Å². The molecule has 116 valence electrons. The number of hydrogen-bond donors (Lipinski definition) is 2. The van der Waals surface area contributed by atoms with Crippen molar-refractivity contribution in [2.75, 3.05) is 13.2 Å². The van der Waals surface area contributed by atoms with Crippen LogP contribution in [-0.2, 0) is 11.2 Å². The van der Waals surface area contributed by atoms with Gasteiger partial charge in [-0.15, -0.1) is 0 Å². The zero-order valence-electron chi connectivity index (χ0n) is 12.6. The number of fused-ring (bicyclic) bond motifs is 1. The lowest BCUT2D eigenvalue weighted by atomic mass is 9.90. The average molecular weight is 311 g/mol. The van der Waals surface area contributed by atoms with Crippen molar-refractivity contribution in [2.24, 2.45) is 11.7 Å². The molecule has 21 heavy (non-hydrogen) atoms. The van der Waals surface area contributed by atoms with Crippen LogP contribution in [0.15, 0.2) is 18.2 Å². The van der Waals surface area contributed by atoms with Gasteiger partial charge in [-0.05, 0) is 43.0 Å². The van der Waals surface area contributed by atoms with Crippen molar-refractivity contribution in [1.82, 2.24) is 5.32 Å². The molecule has 0 bridgehead atoms. The molecule has 1 amide bonds. The Kier molecular flexibility index (Phi) is 5.12. The molecule has 1 atom stereocenters. The minimum Gasteiger partial charge on any atom is -0.492 e. The number of nitrogens with two attached hydrogens (primary N) is 1. The van der Waals surface area contributed by atoms with Crippen LogP contribution < -0.4 is 15.8 Å². The average Bonchev–Trinajstić information content (AvgIpc) is 2.51. The van der Waals surface area contributed by atoms with Gasteiger partial charge in [-0.25, -0.2) is 0 Å². The van der Waals surface area contributed by atoms with E-state index in [1.807, 2.05) is 26.0 Å². The summed E-state index contributed by atoms with van der Waals surface area (Å²) in [6.07, 6.45) is 2.29. The van der Waals surface area contributed by atoms with Crippen molar-refractivity contribution in [2.45, 2.75) is 38.6 Å². The molecular weight excluding hydrogens is 288 g/mol. The SMILES string of the molecule is CCC(CC)(CN)NC(=O)C1COc2ccc(Cl)cc2C1. The molecule has 0 aromatic heterocycles. The van der Waals surface area contributed by atoms with Crippen LogP contribution in [0.4, 0.5) is 0 Å². The van der Waals surface area contributed by atoms with E-state index >= 15 is 0 Å². The van der Waals surface area contributed by atoms with E-state index in [4.69, 9.17) is 22.1 Å². The van der Waals surface area contributed by atoms with E-state index in [2.05, 4.69) is 5.32 Å². The second kappa shape index (κ2) is 6.67. The topological polar surface area (TPSA) is 64.3 Å². The predicted octanol–water partition coefficient (Wildman–Crippen LogP) is 2.52. The largest absolute Gasteiger partial charge is 0.492 e. The van der Waals surface area contributed by atoms with E-state index in [1.165, 1.54) is 0 Å². The summed E-state index contributed by atoms with van der Waals surface area (Å²) in [5.74, 6) is 0.634. The fourth-order valence-electron chi connectivity index (χ4n) is 2.66. The molecule has 4 nitrogen and oxygen atoms in total. The quantitative estimate of drug-likeness (QED) is 0.878. The number of carbonyl (C=O) groups excluding carboxylic acids is 1. The van der Waals surface area contributed by atoms with E-state index in [9.17, 15) is 4.79 Å². The van der Waals surface area contributed by atoms with Crippen LogP contribution in [-0.4, -0.2) is 24.6 Å². The number of ether oxygens (including phenoxy) is 1. The number of amides is 1. The normalized spacial score (nSPS) is 17.8. The highest BCUT2D eigenvalue weighted by Gasteiger charge is 2.32. The summed E-state index contributed by atoms with van der Waals surface area (Å²) in [5.41, 5.74) is 6.51. The molecule has 1 aromatic rings. The Morgan fingerprint density at radius 3 is 2.81 bits per heavy atom. The Morgan fingerprint density at radius 1 is 1.48 bits per heavy atom. The summed E-state index contributed by atoms with van der Waals surface area (Å²) in [4.78, 5) is 12.5. The van der Waals surface area contributed by atoms with Gasteiger partial charge in [-0.1, -0.05) is 25.4 Å². The Hall–Kier alpha value is -1.26. The van der Waals surface area contributed by atoms with E-state index in [0.29, 0.717) is 24.6 Å². The standard InChI is InChI=1S/C16H23ClN2O2/c1-3-16(4-2,10-18)19-15(20)12-7-11-8-13(17)5-6-14(11)21-9-12/h5-6,8,12H,3-4,7,9-10,18H2,1-2H3,(H,19,20). The molecule has 1 unspecified atom stereocenters. The molecule has 0 spiro atoms. The highest BCUT2D eigenvalue weighted by molar-refractivity contribution is 6.30. The first-order valence-electron chi connectivity index (χ1n) is 7.47. The van der Waals surface area contributed by atoms with Gasteiger partial charge in [0, 0.05) is 11.6 Å². The number of rotatable bonds is 5. The summed E-state index contributed by atoms with van der Waals surface area (Å²) in [7, 11) is 0. The van der Waals surface area contributed by atoms with E-state index in [1.54, 1.807) is 6.07 Å². The lowest BCUT2D eigenvalue weighted by molar-refractivity contribution is -0.128. The first-order valence-corrected chi connectivity index (χ1v) is 7.84. The summed E-state index contributed by atoms with van der Waals surface area (Å²) in [6, 6.07) is 5.52. The van der Waals surface area contributed by atoms with Crippen LogP contribution in [0.1, 0.15) is 32.3 Å². The van der Waals surface area contributed by atoms with Crippen molar-refractivity contribution in [3.63, 3.8) is 0 Å². The van der Waals surface area contributed by atoms with Gasteiger partial charge in [-0.2, -0.15) is 0 Å². The molecule has 0 fully saturated rings. The van der Waals surface area contributed by atoms with Crippen LogP contribution in [0.25, 0.3) is 0 Å². The number of nitrogens with one attached hydrogen (secondary N) is 1. The molecule has 0 radical (unpaired) electrons. The van der Waals surface area contributed by atoms with Gasteiger partial charge in [0.25, 0.3) is 0 Å². The zero-order valence-corrected chi connectivity index (χ0v) is 13.4. The Bertz CT molecular complexity index is 507. The molecule has 1 aromatic carbocycles. The lowest BCUT2D eigenvalue weighted by Gasteiger charge is -2.34. The summed E-state index contributed by atoms with van der Waals surface area (Å²) in [6.45, 7) is 4.93. The third kappa shape index (κ3) is 3.50. The maximum absolute atomic E-state index is 12.5. The molecule has 1 aliphatic rings. The second-order valence-electron chi connectivity index (χ2n) is 5.64. The van der Waals surface area contributed by atoms with Gasteiger partial charge in [0.2, 0.25) is 5.91 Å². The first-order chi connectivity index (χ1) is 10.0. The molecule has 2 rings (SSSR count). The van der Waals surface area contributed by atoms with Crippen LogP contribution in [0.3, 0.4) is 0 Å². The van der Waals surface area contributed by atoms with Crippen LogP contribution in [0.5, 0.6) is 5.75 Å². The van der Waals surface area contributed by atoms with Gasteiger partial charge in [0.05, 0.1) is 11.5 Å². The van der Waals surface area contributed by atoms with Gasteiger partial charge >= 0.3 is 0 Å². The Morgan fingerprint density at radius 2 is 2.19 bits per heavy atom. The van der Waals surface area contributed by atoms with Crippen LogP contribution in [0, 0.1) is 5.92 Å². The number of carbonyl (C=O) groups is 1. The van der Waals surface area contributed by atoms with Crippen molar-refractivity contribution in [1.29, 1.82) is 0 Å². The smallest absolute Gasteiger partial charge is 0.227 e. The molecule has 5 heteroatoms. The summed E-state index contributed by atoms with van der Waals surface area (Å²) in [5, 5.41) is 3.78. The predicted molar refractivity (Wildman–Crippen MR) is 84.7 cm³/mol. The first kappa shape index (κ1) is 16.1. The van der Waals surface area contributed by atoms with Crippen molar-refractivity contribution < 1.29 is 9.53 Å². The number of benzene rings is 1. The van der Waals surface area contributed by atoms with Gasteiger partial charge < -0.3 is 15.8 Å². The molecule has 0 saturated heterocycles. The Labute approximate surface area is 131 Å². The number of halogens is 1.